The lowest BCUT2D eigenvalue weighted by molar-refractivity contribution is 0.0104. The minimum absolute atomic E-state index is 0.0422. The van der Waals surface area contributed by atoms with Crippen LogP contribution < -0.4 is 5.73 Å². The van der Waals surface area contributed by atoms with Crippen molar-refractivity contribution in [3.05, 3.63) is 28.3 Å². The smallest absolute Gasteiger partial charge is 0.265 e. The third kappa shape index (κ3) is 2.63. The van der Waals surface area contributed by atoms with Gasteiger partial charge in [0, 0.05) is 31.7 Å². The van der Waals surface area contributed by atoms with Crippen molar-refractivity contribution in [3.63, 3.8) is 0 Å². The van der Waals surface area contributed by atoms with Crippen LogP contribution in [0.25, 0.3) is 0 Å². The van der Waals surface area contributed by atoms with E-state index in [1.807, 2.05) is 18.2 Å². The Morgan fingerprint density at radius 1 is 1.35 bits per heavy atom. The van der Waals surface area contributed by atoms with Crippen molar-refractivity contribution in [3.8, 4) is 0 Å². The van der Waals surface area contributed by atoms with Crippen molar-refractivity contribution in [1.29, 1.82) is 0 Å². The summed E-state index contributed by atoms with van der Waals surface area (Å²) in [6, 6.07) is 0. The van der Waals surface area contributed by atoms with Crippen molar-refractivity contribution in [2.24, 2.45) is 0 Å². The van der Waals surface area contributed by atoms with Gasteiger partial charge in [-0.25, -0.2) is 9.97 Å². The Morgan fingerprint density at radius 3 is 2.81 bits per heavy atom. The van der Waals surface area contributed by atoms with Crippen LogP contribution in [0.5, 0.6) is 0 Å². The van der Waals surface area contributed by atoms with E-state index in [0.717, 1.165) is 57.6 Å². The zero-order valence-electron chi connectivity index (χ0n) is 15.4. The van der Waals surface area contributed by atoms with Crippen LogP contribution in [0.3, 0.4) is 0 Å². The van der Waals surface area contributed by atoms with Crippen LogP contribution in [0, 0.1) is 0 Å². The number of nitrogen functional groups attached to an aromatic ring is 1. The number of anilines is 1. The maximum absolute atomic E-state index is 13.0. The lowest BCUT2D eigenvalue weighted by Crippen LogP contribution is -2.57. The Hall–Kier alpha value is -1.93. The molecule has 4 heterocycles. The highest BCUT2D eigenvalue weighted by atomic mass is 32.1. The number of aromatic nitrogens is 3. The summed E-state index contributed by atoms with van der Waals surface area (Å²) in [4.78, 5) is 30.5. The van der Waals surface area contributed by atoms with Crippen molar-refractivity contribution in [2.75, 3.05) is 31.9 Å². The topological polar surface area (TPSA) is 91.1 Å². The highest BCUT2D eigenvalue weighted by Crippen LogP contribution is 2.42. The normalized spacial score (nSPS) is 19.7. The van der Waals surface area contributed by atoms with Crippen LogP contribution in [-0.4, -0.2) is 56.8 Å². The number of likely N-dealkylation sites (tertiary alicyclic amines) is 1. The number of fused-ring (bicyclic) bond motifs is 2. The van der Waals surface area contributed by atoms with Gasteiger partial charge in [0.2, 0.25) is 0 Å². The number of likely N-dealkylation sites (N-methyl/N-ethyl adjacent to an activating group) is 1. The molecular weight excluding hydrogens is 348 g/mol. The molecule has 2 aliphatic heterocycles. The number of nitrogens with two attached hydrogens (primary N) is 1. The van der Waals surface area contributed by atoms with E-state index in [9.17, 15) is 4.79 Å². The van der Waals surface area contributed by atoms with Gasteiger partial charge in [0.1, 0.15) is 4.88 Å². The number of thiazole rings is 1. The van der Waals surface area contributed by atoms with Crippen molar-refractivity contribution >= 4 is 22.4 Å². The predicted octanol–water partition coefficient (Wildman–Crippen LogP) is 2.02. The number of carbonyl (C=O) groups excluding carboxylic acids is 1. The van der Waals surface area contributed by atoms with Crippen LogP contribution in [0.4, 0.5) is 5.13 Å². The summed E-state index contributed by atoms with van der Waals surface area (Å²) in [5.74, 6) is 0.0759. The summed E-state index contributed by atoms with van der Waals surface area (Å²) in [5, 5.41) is 0.476. The third-order valence-corrected chi connectivity index (χ3v) is 6.81. The first kappa shape index (κ1) is 17.5. The van der Waals surface area contributed by atoms with Crippen molar-refractivity contribution in [2.45, 2.75) is 45.1 Å². The number of hydrogen-bond donors (Lipinski definition) is 2. The average molecular weight is 375 g/mol. The molecule has 1 amide bonds. The van der Waals surface area contributed by atoms with E-state index in [-0.39, 0.29) is 11.4 Å². The molecule has 7 nitrogen and oxygen atoms in total. The fourth-order valence-electron chi connectivity index (χ4n) is 4.54. The molecule has 1 fully saturated rings. The van der Waals surface area contributed by atoms with Crippen LogP contribution >= 0.6 is 11.3 Å². The number of nitrogens with zero attached hydrogens (tertiary/aromatic N) is 4. The maximum atomic E-state index is 13.0. The van der Waals surface area contributed by atoms with Gasteiger partial charge in [0.15, 0.2) is 5.13 Å². The van der Waals surface area contributed by atoms with Crippen LogP contribution in [0.15, 0.2) is 6.33 Å². The minimum Gasteiger partial charge on any atom is -0.375 e. The van der Waals surface area contributed by atoms with Gasteiger partial charge in [-0.1, -0.05) is 25.2 Å². The number of H-pyrrole nitrogens is 1. The fourth-order valence-corrected chi connectivity index (χ4v) is 5.43. The molecule has 1 saturated heterocycles. The predicted molar refractivity (Wildman–Crippen MR) is 102 cm³/mol. The zero-order chi connectivity index (χ0) is 18.3. The maximum Gasteiger partial charge on any atom is 0.265 e. The molecule has 1 spiro atoms. The fraction of sp³-hybridized carbons (Fsp3) is 0.611. The van der Waals surface area contributed by atoms with Crippen molar-refractivity contribution in [1.82, 2.24) is 24.8 Å². The first-order valence-corrected chi connectivity index (χ1v) is 10.2. The molecule has 0 atom stereocenters. The molecule has 0 unspecified atom stereocenters. The Bertz CT molecular complexity index is 804. The monoisotopic (exact) mass is 374 g/mol. The van der Waals surface area contributed by atoms with Crippen LogP contribution in [0.2, 0.25) is 0 Å². The quantitative estimate of drug-likeness (QED) is 0.858. The number of piperidine rings is 1. The second-order valence-electron chi connectivity index (χ2n) is 7.06. The van der Waals surface area contributed by atoms with E-state index in [4.69, 9.17) is 5.73 Å². The SMILES string of the molecule is CCc1nc(N)sc1C(=O)N1CCC2(CC1)c1nc[nH]c1CCN2CC. The first-order valence-electron chi connectivity index (χ1n) is 9.41. The molecule has 8 heteroatoms. The molecule has 0 bridgehead atoms. The second kappa shape index (κ2) is 6.66. The number of amides is 1. The van der Waals surface area contributed by atoms with Gasteiger partial charge < -0.3 is 15.6 Å². The van der Waals surface area contributed by atoms with Gasteiger partial charge >= 0.3 is 0 Å². The second-order valence-corrected chi connectivity index (χ2v) is 8.10. The molecule has 26 heavy (non-hydrogen) atoms. The molecule has 0 radical (unpaired) electrons. The van der Waals surface area contributed by atoms with Gasteiger partial charge in [-0.05, 0) is 25.8 Å². The van der Waals surface area contributed by atoms with E-state index < -0.39 is 0 Å². The van der Waals surface area contributed by atoms with Crippen LogP contribution in [0.1, 0.15) is 53.4 Å². The number of carbonyl (C=O) groups is 1. The highest BCUT2D eigenvalue weighted by Gasteiger charge is 2.46. The molecule has 0 saturated carbocycles. The zero-order valence-corrected chi connectivity index (χ0v) is 16.2. The summed E-state index contributed by atoms with van der Waals surface area (Å²) in [6.07, 6.45) is 5.40. The molecule has 140 valence electrons. The molecular formula is C18H26N6OS. The Labute approximate surface area is 157 Å². The number of rotatable bonds is 3. The number of hydrogen-bond acceptors (Lipinski definition) is 6. The average Bonchev–Trinajstić information content (AvgIpc) is 3.29. The first-order chi connectivity index (χ1) is 12.6. The van der Waals surface area contributed by atoms with E-state index in [0.29, 0.717) is 10.0 Å². The number of imidazole rings is 1. The molecule has 0 aliphatic carbocycles. The van der Waals surface area contributed by atoms with Gasteiger partial charge in [-0.15, -0.1) is 0 Å². The molecule has 2 aromatic heterocycles. The summed E-state index contributed by atoms with van der Waals surface area (Å²) in [5.41, 5.74) is 9.06. The minimum atomic E-state index is -0.0422. The lowest BCUT2D eigenvalue weighted by Gasteiger charge is -2.50. The van der Waals surface area contributed by atoms with Crippen molar-refractivity contribution < 1.29 is 4.79 Å². The largest absolute Gasteiger partial charge is 0.375 e. The number of nitrogens with one attached hydrogen (secondary N) is 1. The van der Waals surface area contributed by atoms with E-state index in [2.05, 4.69) is 26.8 Å². The third-order valence-electron chi connectivity index (χ3n) is 5.90. The molecule has 2 aromatic rings. The molecule has 4 rings (SSSR count). The van der Waals surface area contributed by atoms with Gasteiger partial charge in [0.05, 0.1) is 23.3 Å². The Balaban J connectivity index is 1.56. The van der Waals surface area contributed by atoms with E-state index in [1.165, 1.54) is 22.7 Å². The van der Waals surface area contributed by atoms with E-state index >= 15 is 0 Å². The highest BCUT2D eigenvalue weighted by molar-refractivity contribution is 7.17. The number of aromatic amines is 1. The lowest BCUT2D eigenvalue weighted by atomic mass is 9.78. The number of aryl methyl sites for hydroxylation is 1. The summed E-state index contributed by atoms with van der Waals surface area (Å²) in [6.45, 7) is 7.75. The summed E-state index contributed by atoms with van der Waals surface area (Å²) >= 11 is 1.31. The van der Waals surface area contributed by atoms with Gasteiger partial charge in [-0.2, -0.15) is 0 Å². The van der Waals surface area contributed by atoms with Gasteiger partial charge in [-0.3, -0.25) is 9.69 Å². The van der Waals surface area contributed by atoms with E-state index in [1.54, 1.807) is 0 Å². The Morgan fingerprint density at radius 2 is 2.12 bits per heavy atom. The summed E-state index contributed by atoms with van der Waals surface area (Å²) < 4.78 is 0. The van der Waals surface area contributed by atoms with Crippen LogP contribution in [-0.2, 0) is 18.4 Å². The standard InChI is InChI=1S/C18H26N6OS/c1-3-12-14(26-17(19)22-12)16(25)23-9-6-18(7-10-23)15-13(20-11-21-15)5-8-24(18)4-2/h11H,3-10H2,1-2H3,(H2,19,22)(H,20,21). The summed E-state index contributed by atoms with van der Waals surface area (Å²) in [7, 11) is 0. The van der Waals surface area contributed by atoms with Gasteiger partial charge in [0.25, 0.3) is 5.91 Å². The molecule has 0 aromatic carbocycles. The molecule has 2 aliphatic rings. The molecule has 3 N–H and O–H groups in total. The Kier molecular flexibility index (Phi) is 4.48.